The predicted molar refractivity (Wildman–Crippen MR) is 133 cm³/mol. The van der Waals surface area contributed by atoms with Crippen molar-refractivity contribution in [1.29, 1.82) is 0 Å². The summed E-state index contributed by atoms with van der Waals surface area (Å²) in [6.07, 6.45) is 1.82. The topological polar surface area (TPSA) is 138 Å². The van der Waals surface area contributed by atoms with Crippen molar-refractivity contribution in [2.24, 2.45) is 0 Å². The molecule has 0 fully saturated rings. The van der Waals surface area contributed by atoms with E-state index in [1.807, 2.05) is 37.3 Å². The highest BCUT2D eigenvalue weighted by Crippen LogP contribution is 2.35. The fourth-order valence-corrected chi connectivity index (χ4v) is 4.05. The minimum Gasteiger partial charge on any atom is -0.454 e. The van der Waals surface area contributed by atoms with E-state index in [0.717, 1.165) is 5.56 Å². The Kier molecular flexibility index (Phi) is 6.59. The number of aromatic nitrogens is 3. The maximum absolute atomic E-state index is 13.1. The number of carbonyl (C=O) groups is 2. The summed E-state index contributed by atoms with van der Waals surface area (Å²) < 4.78 is 17.8. The number of carbonyl (C=O) groups excluding carboxylic acids is 2. The SMILES string of the molecule is CCn1cc(C(=O)N[C@@H](C)C(=O)NCCc2nc(-c3ccccc3)no2)c(=O)c2cc3c(cc21)OCO3. The van der Waals surface area contributed by atoms with Gasteiger partial charge in [0.15, 0.2) is 11.5 Å². The van der Waals surface area contributed by atoms with Gasteiger partial charge in [-0.1, -0.05) is 35.5 Å². The summed E-state index contributed by atoms with van der Waals surface area (Å²) in [4.78, 5) is 43.0. The molecule has 2 aromatic carbocycles. The first kappa shape index (κ1) is 24.0. The van der Waals surface area contributed by atoms with Crippen molar-refractivity contribution in [3.63, 3.8) is 0 Å². The molecule has 3 heterocycles. The number of fused-ring (bicyclic) bond motifs is 2. The summed E-state index contributed by atoms with van der Waals surface area (Å²) in [5.74, 6) is 0.811. The lowest BCUT2D eigenvalue weighted by molar-refractivity contribution is -0.122. The normalized spacial score (nSPS) is 12.9. The molecule has 0 spiro atoms. The number of hydrogen-bond acceptors (Lipinski definition) is 8. The van der Waals surface area contributed by atoms with Gasteiger partial charge >= 0.3 is 0 Å². The summed E-state index contributed by atoms with van der Waals surface area (Å²) in [6, 6.07) is 11.8. The number of amides is 2. The zero-order valence-electron chi connectivity index (χ0n) is 20.3. The molecule has 0 saturated carbocycles. The van der Waals surface area contributed by atoms with E-state index in [-0.39, 0.29) is 18.9 Å². The highest BCUT2D eigenvalue weighted by atomic mass is 16.7. The monoisotopic (exact) mass is 503 g/mol. The van der Waals surface area contributed by atoms with Crippen LogP contribution in [0.5, 0.6) is 11.5 Å². The Balaban J connectivity index is 1.22. The van der Waals surface area contributed by atoms with Gasteiger partial charge in [-0.2, -0.15) is 4.98 Å². The molecule has 11 heteroatoms. The van der Waals surface area contributed by atoms with Crippen molar-refractivity contribution in [1.82, 2.24) is 25.3 Å². The van der Waals surface area contributed by atoms with E-state index in [4.69, 9.17) is 14.0 Å². The Morgan fingerprint density at radius 3 is 2.65 bits per heavy atom. The van der Waals surface area contributed by atoms with Crippen molar-refractivity contribution in [3.05, 3.63) is 70.3 Å². The molecule has 190 valence electrons. The molecule has 0 aliphatic carbocycles. The second-order valence-corrected chi connectivity index (χ2v) is 8.49. The lowest BCUT2D eigenvalue weighted by atomic mass is 10.1. The summed E-state index contributed by atoms with van der Waals surface area (Å²) in [5, 5.41) is 9.64. The highest BCUT2D eigenvalue weighted by molar-refractivity contribution is 6.00. The first-order chi connectivity index (χ1) is 17.9. The Morgan fingerprint density at radius 2 is 1.89 bits per heavy atom. The standard InChI is InChI=1S/C26H25N5O6/c1-3-31-13-18(23(32)17-11-20-21(12-19(17)31)36-14-35-20)26(34)28-15(2)25(33)27-10-9-22-29-24(30-37-22)16-7-5-4-6-8-16/h4-8,11-13,15H,3,9-10,14H2,1-2H3,(H,27,33)(H,28,34)/t15-/m0/s1. The van der Waals surface area contributed by atoms with Crippen LogP contribution in [0.4, 0.5) is 0 Å². The van der Waals surface area contributed by atoms with Crippen molar-refractivity contribution < 1.29 is 23.6 Å². The van der Waals surface area contributed by atoms with Crippen LogP contribution in [0.2, 0.25) is 0 Å². The molecule has 0 saturated heterocycles. The lowest BCUT2D eigenvalue weighted by Gasteiger charge is -2.15. The van der Waals surface area contributed by atoms with Crippen molar-refractivity contribution in [2.75, 3.05) is 13.3 Å². The number of hydrogen-bond donors (Lipinski definition) is 2. The molecular formula is C26H25N5O6. The molecule has 1 aliphatic rings. The Labute approximate surface area is 211 Å². The average Bonchev–Trinajstić information content (AvgIpc) is 3.58. The third-order valence-corrected chi connectivity index (χ3v) is 6.04. The fourth-order valence-electron chi connectivity index (χ4n) is 4.05. The van der Waals surface area contributed by atoms with Crippen LogP contribution in [0.25, 0.3) is 22.3 Å². The van der Waals surface area contributed by atoms with Crippen LogP contribution < -0.4 is 25.5 Å². The molecule has 0 radical (unpaired) electrons. The molecule has 2 aromatic heterocycles. The lowest BCUT2D eigenvalue weighted by Crippen LogP contribution is -2.46. The van der Waals surface area contributed by atoms with Crippen LogP contribution >= 0.6 is 0 Å². The maximum atomic E-state index is 13.1. The zero-order valence-corrected chi connectivity index (χ0v) is 20.3. The number of aryl methyl sites for hydroxylation is 1. The first-order valence-electron chi connectivity index (χ1n) is 11.9. The van der Waals surface area contributed by atoms with Crippen LogP contribution in [0.1, 0.15) is 30.1 Å². The highest BCUT2D eigenvalue weighted by Gasteiger charge is 2.23. The minimum atomic E-state index is -0.878. The van der Waals surface area contributed by atoms with Crippen molar-refractivity contribution in [2.45, 2.75) is 32.9 Å². The van der Waals surface area contributed by atoms with Gasteiger partial charge in [0, 0.05) is 37.3 Å². The third-order valence-electron chi connectivity index (χ3n) is 6.04. The zero-order chi connectivity index (χ0) is 25.9. The third kappa shape index (κ3) is 4.88. The molecule has 0 bridgehead atoms. The quantitative estimate of drug-likeness (QED) is 0.374. The van der Waals surface area contributed by atoms with Gasteiger partial charge in [-0.25, -0.2) is 0 Å². The van der Waals surface area contributed by atoms with Crippen molar-refractivity contribution in [3.8, 4) is 22.9 Å². The van der Waals surface area contributed by atoms with E-state index < -0.39 is 23.3 Å². The summed E-state index contributed by atoms with van der Waals surface area (Å²) in [5.41, 5.74) is 0.954. The number of nitrogens with one attached hydrogen (secondary N) is 2. The average molecular weight is 504 g/mol. The Hall–Kier alpha value is -4.67. The van der Waals surface area contributed by atoms with Crippen molar-refractivity contribution >= 4 is 22.7 Å². The fraction of sp³-hybridized carbons (Fsp3) is 0.269. The largest absolute Gasteiger partial charge is 0.454 e. The van der Waals surface area contributed by atoms with Crippen LogP contribution in [0.15, 0.2) is 58.0 Å². The summed E-state index contributed by atoms with van der Waals surface area (Å²) in [6.45, 7) is 4.28. The Morgan fingerprint density at radius 1 is 1.14 bits per heavy atom. The van der Waals surface area contributed by atoms with Crippen LogP contribution in [-0.2, 0) is 17.8 Å². The van der Waals surface area contributed by atoms with Gasteiger partial charge in [0.25, 0.3) is 5.91 Å². The van der Waals surface area contributed by atoms with E-state index in [9.17, 15) is 14.4 Å². The van der Waals surface area contributed by atoms with E-state index in [2.05, 4.69) is 20.8 Å². The van der Waals surface area contributed by atoms with Gasteiger partial charge in [-0.05, 0) is 19.9 Å². The van der Waals surface area contributed by atoms with Gasteiger partial charge in [0.05, 0.1) is 10.9 Å². The maximum Gasteiger partial charge on any atom is 0.257 e. The number of benzene rings is 2. The van der Waals surface area contributed by atoms with E-state index >= 15 is 0 Å². The number of nitrogens with zero attached hydrogens (tertiary/aromatic N) is 3. The van der Waals surface area contributed by atoms with E-state index in [1.165, 1.54) is 6.20 Å². The first-order valence-corrected chi connectivity index (χ1v) is 11.9. The van der Waals surface area contributed by atoms with Gasteiger partial charge in [-0.3, -0.25) is 14.4 Å². The second kappa shape index (κ2) is 10.1. The van der Waals surface area contributed by atoms with E-state index in [0.29, 0.717) is 47.1 Å². The number of ether oxygens (including phenoxy) is 2. The minimum absolute atomic E-state index is 0.0628. The number of rotatable bonds is 8. The van der Waals surface area contributed by atoms with Crippen LogP contribution in [-0.4, -0.2) is 45.9 Å². The second-order valence-electron chi connectivity index (χ2n) is 8.49. The molecule has 0 unspecified atom stereocenters. The summed E-state index contributed by atoms with van der Waals surface area (Å²) in [7, 11) is 0. The van der Waals surface area contributed by atoms with Gasteiger partial charge in [0.2, 0.25) is 29.8 Å². The molecule has 1 aliphatic heterocycles. The molecule has 1 atom stereocenters. The Bertz CT molecular complexity index is 1530. The van der Waals surface area contributed by atoms with E-state index in [1.54, 1.807) is 23.6 Å². The molecule has 37 heavy (non-hydrogen) atoms. The molecular weight excluding hydrogens is 478 g/mol. The molecule has 2 N–H and O–H groups in total. The van der Waals surface area contributed by atoms with Gasteiger partial charge in [-0.15, -0.1) is 0 Å². The smallest absolute Gasteiger partial charge is 0.257 e. The predicted octanol–water partition coefficient (Wildman–Crippen LogP) is 2.28. The molecule has 5 rings (SSSR count). The number of pyridine rings is 1. The molecule has 4 aromatic rings. The van der Waals surface area contributed by atoms with Crippen LogP contribution in [0.3, 0.4) is 0 Å². The molecule has 11 nitrogen and oxygen atoms in total. The van der Waals surface area contributed by atoms with Gasteiger partial charge in [0.1, 0.15) is 11.6 Å². The van der Waals surface area contributed by atoms with Crippen LogP contribution in [0, 0.1) is 0 Å². The summed E-state index contributed by atoms with van der Waals surface area (Å²) >= 11 is 0. The molecule has 2 amide bonds. The van der Waals surface area contributed by atoms with Gasteiger partial charge < -0.3 is 29.2 Å².